The smallest absolute Gasteiger partial charge is 0.252 e. The molecular formula is C24H27ClN4O3S. The van der Waals surface area contributed by atoms with Crippen LogP contribution in [-0.4, -0.2) is 77.1 Å². The number of hydrogen-bond donors (Lipinski definition) is 1. The zero-order chi connectivity index (χ0) is 23.2. The van der Waals surface area contributed by atoms with Crippen LogP contribution in [0.3, 0.4) is 0 Å². The molecular weight excluding hydrogens is 460 g/mol. The molecule has 2 heterocycles. The second kappa shape index (κ2) is 11.1. The van der Waals surface area contributed by atoms with Crippen molar-refractivity contribution in [1.82, 2.24) is 14.7 Å². The Balaban J connectivity index is 1.47. The molecule has 1 N–H and O–H groups in total. The number of thiocarbonyl (C=S) groups is 1. The van der Waals surface area contributed by atoms with Crippen LogP contribution in [0.2, 0.25) is 5.02 Å². The number of ether oxygens (including phenoxy) is 1. The van der Waals surface area contributed by atoms with E-state index in [2.05, 4.69) is 10.2 Å². The van der Waals surface area contributed by atoms with Crippen LogP contribution in [-0.2, 0) is 20.9 Å². The number of carbonyl (C=O) groups excluding carboxylic acids is 2. The number of nitrogens with zero attached hydrogens (tertiary/aromatic N) is 3. The molecule has 2 aromatic carbocycles. The summed E-state index contributed by atoms with van der Waals surface area (Å²) < 4.78 is 5.43. The van der Waals surface area contributed by atoms with Gasteiger partial charge in [-0.2, -0.15) is 0 Å². The fraction of sp³-hybridized carbons (Fsp3) is 0.375. The molecule has 0 saturated carbocycles. The predicted octanol–water partition coefficient (Wildman–Crippen LogP) is 3.00. The molecule has 2 aliphatic rings. The average Bonchev–Trinajstić information content (AvgIpc) is 3.04. The van der Waals surface area contributed by atoms with E-state index in [-0.39, 0.29) is 18.2 Å². The van der Waals surface area contributed by atoms with Gasteiger partial charge in [0.05, 0.1) is 26.2 Å². The first-order valence-electron chi connectivity index (χ1n) is 11.0. The molecule has 0 radical (unpaired) electrons. The Bertz CT molecular complexity index is 983. The second-order valence-corrected chi connectivity index (χ2v) is 8.92. The van der Waals surface area contributed by atoms with E-state index < -0.39 is 6.04 Å². The summed E-state index contributed by atoms with van der Waals surface area (Å²) in [5.74, 6) is -0.381. The van der Waals surface area contributed by atoms with Crippen LogP contribution >= 0.6 is 23.8 Å². The maximum absolute atomic E-state index is 13.4. The Morgan fingerprint density at radius 2 is 1.76 bits per heavy atom. The maximum atomic E-state index is 13.4. The summed E-state index contributed by atoms with van der Waals surface area (Å²) in [7, 11) is 0. The molecule has 2 aliphatic heterocycles. The Labute approximate surface area is 204 Å². The van der Waals surface area contributed by atoms with Gasteiger partial charge in [-0.3, -0.25) is 19.4 Å². The summed E-state index contributed by atoms with van der Waals surface area (Å²) >= 11 is 11.6. The topological polar surface area (TPSA) is 65.1 Å². The number of hydrogen-bond acceptors (Lipinski definition) is 5. The Morgan fingerprint density at radius 3 is 2.45 bits per heavy atom. The summed E-state index contributed by atoms with van der Waals surface area (Å²) in [6, 6.07) is 16.0. The van der Waals surface area contributed by atoms with Gasteiger partial charge < -0.3 is 15.0 Å². The minimum Gasteiger partial charge on any atom is -0.379 e. The number of carbonyl (C=O) groups is 2. The van der Waals surface area contributed by atoms with Crippen LogP contribution < -0.4 is 5.32 Å². The van der Waals surface area contributed by atoms with E-state index in [1.807, 2.05) is 35.2 Å². The zero-order valence-corrected chi connectivity index (χ0v) is 19.9. The highest BCUT2D eigenvalue weighted by molar-refractivity contribution is 7.80. The van der Waals surface area contributed by atoms with E-state index in [0.717, 1.165) is 25.2 Å². The minimum atomic E-state index is -0.630. The third-order valence-corrected chi connectivity index (χ3v) is 6.56. The molecule has 2 fully saturated rings. The van der Waals surface area contributed by atoms with Gasteiger partial charge in [0.25, 0.3) is 5.91 Å². The molecule has 174 valence electrons. The van der Waals surface area contributed by atoms with Gasteiger partial charge in [-0.1, -0.05) is 41.9 Å². The zero-order valence-electron chi connectivity index (χ0n) is 18.3. The van der Waals surface area contributed by atoms with Gasteiger partial charge >= 0.3 is 0 Å². The van der Waals surface area contributed by atoms with E-state index in [1.165, 1.54) is 0 Å². The predicted molar refractivity (Wildman–Crippen MR) is 132 cm³/mol. The van der Waals surface area contributed by atoms with Crippen molar-refractivity contribution >= 4 is 46.4 Å². The lowest BCUT2D eigenvalue weighted by atomic mass is 10.1. The standard InChI is InChI=1S/C24H27ClN4O3S/c25-19-6-8-20(9-7-19)26-22(30)16-21-23(31)29(17-18-4-2-1-3-5-18)24(33)28(21)11-10-27-12-14-32-15-13-27/h1-9,21H,10-17H2,(H,26,30)/t21-/m0/s1. The van der Waals surface area contributed by atoms with Gasteiger partial charge in [-0.25, -0.2) is 0 Å². The number of amides is 2. The number of nitrogens with one attached hydrogen (secondary N) is 1. The number of halogens is 1. The van der Waals surface area contributed by atoms with Crippen molar-refractivity contribution in [3.63, 3.8) is 0 Å². The van der Waals surface area contributed by atoms with Crippen molar-refractivity contribution in [3.8, 4) is 0 Å². The minimum absolute atomic E-state index is 0.0238. The van der Waals surface area contributed by atoms with E-state index in [1.54, 1.807) is 29.2 Å². The van der Waals surface area contributed by atoms with Crippen LogP contribution in [0.25, 0.3) is 0 Å². The lowest BCUT2D eigenvalue weighted by Crippen LogP contribution is -2.45. The van der Waals surface area contributed by atoms with Crippen LogP contribution in [0.15, 0.2) is 54.6 Å². The molecule has 0 aromatic heterocycles. The summed E-state index contributed by atoms with van der Waals surface area (Å²) in [4.78, 5) is 32.0. The van der Waals surface area contributed by atoms with Crippen molar-refractivity contribution in [2.45, 2.75) is 19.0 Å². The molecule has 33 heavy (non-hydrogen) atoms. The third-order valence-electron chi connectivity index (χ3n) is 5.85. The molecule has 4 rings (SSSR count). The van der Waals surface area contributed by atoms with Crippen LogP contribution in [0.1, 0.15) is 12.0 Å². The van der Waals surface area contributed by atoms with Crippen molar-refractivity contribution in [1.29, 1.82) is 0 Å². The normalized spacial score (nSPS) is 19.2. The maximum Gasteiger partial charge on any atom is 0.252 e. The van der Waals surface area contributed by atoms with Gasteiger partial charge in [0, 0.05) is 36.9 Å². The van der Waals surface area contributed by atoms with Crippen LogP contribution in [0, 0.1) is 0 Å². The van der Waals surface area contributed by atoms with Crippen LogP contribution in [0.5, 0.6) is 0 Å². The fourth-order valence-corrected chi connectivity index (χ4v) is 4.55. The van der Waals surface area contributed by atoms with Crippen molar-refractivity contribution in [2.24, 2.45) is 0 Å². The highest BCUT2D eigenvalue weighted by Crippen LogP contribution is 2.24. The van der Waals surface area contributed by atoms with Crippen LogP contribution in [0.4, 0.5) is 5.69 Å². The third kappa shape index (κ3) is 6.09. The molecule has 0 spiro atoms. The lowest BCUT2D eigenvalue weighted by molar-refractivity contribution is -0.131. The van der Waals surface area contributed by atoms with Gasteiger partial charge in [0.15, 0.2) is 5.11 Å². The summed E-state index contributed by atoms with van der Waals surface area (Å²) in [6.07, 6.45) is 0.0238. The molecule has 0 bridgehead atoms. The molecule has 0 unspecified atom stereocenters. The lowest BCUT2D eigenvalue weighted by Gasteiger charge is -2.30. The van der Waals surface area contributed by atoms with E-state index in [4.69, 9.17) is 28.6 Å². The largest absolute Gasteiger partial charge is 0.379 e. The Hall–Kier alpha value is -2.52. The summed E-state index contributed by atoms with van der Waals surface area (Å²) in [6.45, 7) is 4.84. The fourth-order valence-electron chi connectivity index (χ4n) is 4.05. The van der Waals surface area contributed by atoms with Gasteiger partial charge in [0.1, 0.15) is 6.04 Å². The Morgan fingerprint density at radius 1 is 1.06 bits per heavy atom. The first kappa shape index (κ1) is 23.6. The SMILES string of the molecule is O=C(C[C@H]1C(=O)N(Cc2ccccc2)C(=S)N1CCN1CCOCC1)Nc1ccc(Cl)cc1. The number of morpholine rings is 1. The monoisotopic (exact) mass is 486 g/mol. The van der Waals surface area contributed by atoms with E-state index in [0.29, 0.717) is 42.1 Å². The molecule has 7 nitrogen and oxygen atoms in total. The first-order chi connectivity index (χ1) is 16.0. The van der Waals surface area contributed by atoms with E-state index >= 15 is 0 Å². The quantitative estimate of drug-likeness (QED) is 0.579. The molecule has 2 saturated heterocycles. The van der Waals surface area contributed by atoms with Crippen molar-refractivity contribution in [3.05, 3.63) is 65.2 Å². The average molecular weight is 487 g/mol. The highest BCUT2D eigenvalue weighted by Gasteiger charge is 2.43. The molecule has 2 amide bonds. The molecule has 1 atom stereocenters. The molecule has 0 aliphatic carbocycles. The second-order valence-electron chi connectivity index (χ2n) is 8.11. The Kier molecular flexibility index (Phi) is 7.93. The number of benzene rings is 2. The highest BCUT2D eigenvalue weighted by atomic mass is 35.5. The number of rotatable bonds is 8. The summed E-state index contributed by atoms with van der Waals surface area (Å²) in [5, 5.41) is 3.92. The van der Waals surface area contributed by atoms with E-state index in [9.17, 15) is 9.59 Å². The van der Waals surface area contributed by atoms with Gasteiger partial charge in [-0.15, -0.1) is 0 Å². The number of anilines is 1. The van der Waals surface area contributed by atoms with Crippen molar-refractivity contribution in [2.75, 3.05) is 44.7 Å². The molecule has 9 heteroatoms. The van der Waals surface area contributed by atoms with Crippen molar-refractivity contribution < 1.29 is 14.3 Å². The van der Waals surface area contributed by atoms with Gasteiger partial charge in [0.2, 0.25) is 5.91 Å². The van der Waals surface area contributed by atoms with Gasteiger partial charge in [-0.05, 0) is 42.0 Å². The molecule has 2 aromatic rings. The summed E-state index contributed by atoms with van der Waals surface area (Å²) in [5.41, 5.74) is 1.63. The first-order valence-corrected chi connectivity index (χ1v) is 11.8.